The molecule has 0 atom stereocenters. The highest BCUT2D eigenvalue weighted by Crippen LogP contribution is 2.21. The normalized spacial score (nSPS) is 13.7. The van der Waals surface area contributed by atoms with Crippen molar-refractivity contribution in [3.8, 4) is 11.3 Å². The van der Waals surface area contributed by atoms with Gasteiger partial charge in [-0.15, -0.1) is 0 Å². The van der Waals surface area contributed by atoms with Gasteiger partial charge in [0.1, 0.15) is 0 Å². The number of anilines is 2. The molecule has 4 N–H and O–H groups in total. The minimum Gasteiger partial charge on any atom is -0.382 e. The fourth-order valence-corrected chi connectivity index (χ4v) is 3.28. The molecule has 2 amide bonds. The van der Waals surface area contributed by atoms with Gasteiger partial charge >= 0.3 is 0 Å². The standard InChI is InChI=1S/C22H22N6O2.4H2/c23-20-19(21(29)26-17-7-2-1-3-8-17)27-18(14-25-20)15-5-4-6-16(13-15)22(30)28-11-9-24-10-12-28;;;;/h1-8,13-14,24H,9-12H2,(H2,23,25)(H,26,29);4*1H. The van der Waals surface area contributed by atoms with Crippen LogP contribution in [-0.2, 0) is 0 Å². The molecule has 8 nitrogen and oxygen atoms in total. The van der Waals surface area contributed by atoms with Gasteiger partial charge in [-0.1, -0.05) is 30.3 Å². The first-order valence-corrected chi connectivity index (χ1v) is 9.71. The van der Waals surface area contributed by atoms with Crippen molar-refractivity contribution >= 4 is 23.3 Å². The number of benzene rings is 2. The Hall–Kier alpha value is -3.78. The van der Waals surface area contributed by atoms with Gasteiger partial charge in [0, 0.05) is 48.7 Å². The number of nitrogen functional groups attached to an aromatic ring is 1. The second-order valence-corrected chi connectivity index (χ2v) is 6.93. The van der Waals surface area contributed by atoms with Crippen molar-refractivity contribution in [1.29, 1.82) is 0 Å². The van der Waals surface area contributed by atoms with Crippen LogP contribution in [0.5, 0.6) is 0 Å². The summed E-state index contributed by atoms with van der Waals surface area (Å²) < 4.78 is 0. The molecule has 2 heterocycles. The summed E-state index contributed by atoms with van der Waals surface area (Å²) >= 11 is 0. The van der Waals surface area contributed by atoms with E-state index in [1.807, 2.05) is 29.2 Å². The number of piperazine rings is 1. The molecular formula is C22H30N6O2. The van der Waals surface area contributed by atoms with Crippen LogP contribution in [0.1, 0.15) is 26.6 Å². The lowest BCUT2D eigenvalue weighted by Gasteiger charge is -2.27. The van der Waals surface area contributed by atoms with Crippen molar-refractivity contribution in [2.45, 2.75) is 0 Å². The Kier molecular flexibility index (Phi) is 5.67. The quantitative estimate of drug-likeness (QED) is 0.609. The van der Waals surface area contributed by atoms with Gasteiger partial charge in [-0.05, 0) is 24.3 Å². The van der Waals surface area contributed by atoms with Gasteiger partial charge < -0.3 is 21.3 Å². The number of aromatic nitrogens is 2. The van der Waals surface area contributed by atoms with E-state index < -0.39 is 5.91 Å². The summed E-state index contributed by atoms with van der Waals surface area (Å²) in [5, 5.41) is 6.00. The van der Waals surface area contributed by atoms with E-state index in [4.69, 9.17) is 5.73 Å². The topological polar surface area (TPSA) is 113 Å². The highest BCUT2D eigenvalue weighted by Gasteiger charge is 2.19. The molecule has 1 aliphatic rings. The van der Waals surface area contributed by atoms with E-state index in [0.717, 1.165) is 13.1 Å². The van der Waals surface area contributed by atoms with E-state index >= 15 is 0 Å². The fraction of sp³-hybridized carbons (Fsp3) is 0.182. The number of carbonyl (C=O) groups excluding carboxylic acids is 2. The lowest BCUT2D eigenvalue weighted by atomic mass is 10.1. The van der Waals surface area contributed by atoms with Crippen LogP contribution >= 0.6 is 0 Å². The number of hydrogen-bond acceptors (Lipinski definition) is 6. The Morgan fingerprint density at radius 2 is 1.83 bits per heavy atom. The van der Waals surface area contributed by atoms with Crippen LogP contribution in [0, 0.1) is 0 Å². The average molecular weight is 411 g/mol. The van der Waals surface area contributed by atoms with Crippen molar-refractivity contribution in [2.75, 3.05) is 37.2 Å². The zero-order valence-electron chi connectivity index (χ0n) is 16.3. The number of amides is 2. The monoisotopic (exact) mass is 410 g/mol. The maximum atomic E-state index is 12.8. The van der Waals surface area contributed by atoms with Crippen LogP contribution in [0.15, 0.2) is 60.8 Å². The third-order valence-electron chi connectivity index (χ3n) is 4.86. The van der Waals surface area contributed by atoms with E-state index in [2.05, 4.69) is 20.6 Å². The van der Waals surface area contributed by atoms with Gasteiger partial charge in [0.25, 0.3) is 11.8 Å². The van der Waals surface area contributed by atoms with E-state index in [9.17, 15) is 9.59 Å². The molecule has 30 heavy (non-hydrogen) atoms. The third-order valence-corrected chi connectivity index (χ3v) is 4.86. The van der Waals surface area contributed by atoms with Crippen LogP contribution in [0.4, 0.5) is 11.5 Å². The minimum absolute atomic E-state index is 0. The first-order valence-electron chi connectivity index (χ1n) is 9.71. The number of hydrogen-bond donors (Lipinski definition) is 3. The Morgan fingerprint density at radius 1 is 1.07 bits per heavy atom. The summed E-state index contributed by atoms with van der Waals surface area (Å²) in [7, 11) is 0. The maximum absolute atomic E-state index is 12.8. The molecule has 0 spiro atoms. The molecule has 2 aromatic carbocycles. The highest BCUT2D eigenvalue weighted by atomic mass is 16.2. The van der Waals surface area contributed by atoms with Crippen LogP contribution < -0.4 is 16.4 Å². The molecule has 1 saturated heterocycles. The van der Waals surface area contributed by atoms with Gasteiger partial charge in [0.15, 0.2) is 11.5 Å². The van der Waals surface area contributed by atoms with Crippen molar-refractivity contribution in [3.63, 3.8) is 0 Å². The summed E-state index contributed by atoms with van der Waals surface area (Å²) in [5.74, 6) is -0.426. The van der Waals surface area contributed by atoms with E-state index in [-0.39, 0.29) is 23.1 Å². The minimum atomic E-state index is -0.443. The van der Waals surface area contributed by atoms with Gasteiger partial charge in [-0.2, -0.15) is 0 Å². The molecule has 0 aliphatic carbocycles. The zero-order valence-corrected chi connectivity index (χ0v) is 16.3. The third kappa shape index (κ3) is 4.28. The summed E-state index contributed by atoms with van der Waals surface area (Å²) in [5.41, 5.74) is 8.30. The van der Waals surface area contributed by atoms with Gasteiger partial charge in [0.05, 0.1) is 11.9 Å². The first kappa shape index (κ1) is 19.5. The predicted molar refractivity (Wildman–Crippen MR) is 124 cm³/mol. The number of carbonyl (C=O) groups is 2. The average Bonchev–Trinajstić information content (AvgIpc) is 2.80. The van der Waals surface area contributed by atoms with E-state index in [1.165, 1.54) is 6.20 Å². The lowest BCUT2D eigenvalue weighted by molar-refractivity contribution is 0.0735. The van der Waals surface area contributed by atoms with Crippen molar-refractivity contribution in [1.82, 2.24) is 20.2 Å². The molecule has 0 unspecified atom stereocenters. The summed E-state index contributed by atoms with van der Waals surface area (Å²) in [6.07, 6.45) is 1.50. The summed E-state index contributed by atoms with van der Waals surface area (Å²) in [6, 6.07) is 16.2. The van der Waals surface area contributed by atoms with Crippen molar-refractivity contribution < 1.29 is 15.3 Å². The Labute approximate surface area is 180 Å². The fourth-order valence-electron chi connectivity index (χ4n) is 3.28. The summed E-state index contributed by atoms with van der Waals surface area (Å²) in [4.78, 5) is 35.8. The molecule has 4 rings (SSSR count). The molecule has 1 fully saturated rings. The van der Waals surface area contributed by atoms with Crippen LogP contribution in [0.25, 0.3) is 11.3 Å². The number of para-hydroxylation sites is 1. The van der Waals surface area contributed by atoms with Crippen LogP contribution in [-0.4, -0.2) is 52.9 Å². The number of nitrogens with two attached hydrogens (primary N) is 1. The van der Waals surface area contributed by atoms with Gasteiger partial charge in [-0.25, -0.2) is 9.97 Å². The first-order chi connectivity index (χ1) is 14.6. The van der Waals surface area contributed by atoms with Crippen molar-refractivity contribution in [2.24, 2.45) is 0 Å². The van der Waals surface area contributed by atoms with Crippen LogP contribution in [0.3, 0.4) is 0 Å². The molecule has 1 aromatic heterocycles. The van der Waals surface area contributed by atoms with Gasteiger partial charge in [0.2, 0.25) is 0 Å². The second-order valence-electron chi connectivity index (χ2n) is 6.93. The molecule has 0 saturated carbocycles. The molecule has 160 valence electrons. The largest absolute Gasteiger partial charge is 0.382 e. The highest BCUT2D eigenvalue weighted by molar-refractivity contribution is 6.06. The van der Waals surface area contributed by atoms with Crippen LogP contribution in [0.2, 0.25) is 0 Å². The Balaban J connectivity index is 0.00000272. The molecular weight excluding hydrogens is 380 g/mol. The SMILES string of the molecule is Nc1ncc(-c2cccc(C(=O)N3CCNCC3)c2)nc1C(=O)Nc1ccccc1.[HH].[HH].[HH].[HH]. The molecule has 3 aromatic rings. The number of rotatable bonds is 4. The number of nitrogens with zero attached hydrogens (tertiary/aromatic N) is 3. The predicted octanol–water partition coefficient (Wildman–Crippen LogP) is 3.01. The van der Waals surface area contributed by atoms with E-state index in [0.29, 0.717) is 35.6 Å². The molecule has 1 aliphatic heterocycles. The van der Waals surface area contributed by atoms with E-state index in [1.54, 1.807) is 30.3 Å². The molecule has 8 heteroatoms. The summed E-state index contributed by atoms with van der Waals surface area (Å²) in [6.45, 7) is 2.92. The second kappa shape index (κ2) is 8.71. The van der Waals surface area contributed by atoms with Crippen molar-refractivity contribution in [3.05, 3.63) is 72.1 Å². The molecule has 0 bridgehead atoms. The zero-order chi connectivity index (χ0) is 20.9. The maximum Gasteiger partial charge on any atom is 0.278 e. The number of nitrogens with one attached hydrogen (secondary N) is 2. The Morgan fingerprint density at radius 3 is 2.60 bits per heavy atom. The Bertz CT molecular complexity index is 1080. The molecule has 0 radical (unpaired) electrons. The van der Waals surface area contributed by atoms with Gasteiger partial charge in [-0.3, -0.25) is 9.59 Å². The smallest absolute Gasteiger partial charge is 0.278 e. The lowest BCUT2D eigenvalue weighted by Crippen LogP contribution is -2.46.